The van der Waals surface area contributed by atoms with Crippen molar-refractivity contribution in [3.8, 4) is 0 Å². The molecule has 126 valence electrons. The smallest absolute Gasteiger partial charge is 0.282 e. The molecular formula is C13H28ClN3O3S. The molecule has 0 amide bonds. The number of nitrogens with zero attached hydrogens (tertiary/aromatic N) is 2. The summed E-state index contributed by atoms with van der Waals surface area (Å²) in [5.41, 5.74) is 0. The first-order valence-corrected chi connectivity index (χ1v) is 8.89. The summed E-state index contributed by atoms with van der Waals surface area (Å²) in [4.78, 5) is 0. The van der Waals surface area contributed by atoms with E-state index in [0.29, 0.717) is 32.2 Å². The average molecular weight is 342 g/mol. The molecule has 0 radical (unpaired) electrons. The van der Waals surface area contributed by atoms with Crippen molar-refractivity contribution >= 4 is 22.6 Å². The highest BCUT2D eigenvalue weighted by molar-refractivity contribution is 7.86. The molecule has 2 heterocycles. The number of rotatable bonds is 6. The topological polar surface area (TPSA) is 61.9 Å². The first kappa shape index (κ1) is 19.1. The van der Waals surface area contributed by atoms with Crippen LogP contribution in [-0.4, -0.2) is 70.0 Å². The summed E-state index contributed by atoms with van der Waals surface area (Å²) in [6.45, 7) is 3.39. The normalized spacial score (nSPS) is 25.9. The van der Waals surface area contributed by atoms with E-state index in [2.05, 4.69) is 5.32 Å². The van der Waals surface area contributed by atoms with E-state index in [1.807, 2.05) is 7.05 Å². The van der Waals surface area contributed by atoms with Crippen molar-refractivity contribution in [2.24, 2.45) is 5.92 Å². The summed E-state index contributed by atoms with van der Waals surface area (Å²) < 4.78 is 33.9. The third-order valence-electron chi connectivity index (χ3n) is 4.37. The molecule has 8 heteroatoms. The fraction of sp³-hybridized carbons (Fsp3) is 1.00. The van der Waals surface area contributed by atoms with Crippen LogP contribution in [0.4, 0.5) is 0 Å². The van der Waals surface area contributed by atoms with E-state index in [0.717, 1.165) is 32.2 Å². The maximum atomic E-state index is 12.7. The lowest BCUT2D eigenvalue weighted by Crippen LogP contribution is -2.50. The predicted molar refractivity (Wildman–Crippen MR) is 86.0 cm³/mol. The van der Waals surface area contributed by atoms with Gasteiger partial charge in [0, 0.05) is 32.8 Å². The Kier molecular flexibility index (Phi) is 7.87. The molecular weight excluding hydrogens is 314 g/mol. The minimum atomic E-state index is -3.31. The van der Waals surface area contributed by atoms with Gasteiger partial charge >= 0.3 is 0 Å². The number of ether oxygens (including phenoxy) is 1. The largest absolute Gasteiger partial charge is 0.383 e. The Bertz CT molecular complexity index is 399. The fourth-order valence-corrected chi connectivity index (χ4v) is 5.12. The second-order valence-corrected chi connectivity index (χ2v) is 7.65. The Morgan fingerprint density at radius 3 is 2.43 bits per heavy atom. The average Bonchev–Trinajstić information content (AvgIpc) is 2.89. The molecule has 21 heavy (non-hydrogen) atoms. The van der Waals surface area contributed by atoms with Crippen LogP contribution in [0.25, 0.3) is 0 Å². The first-order chi connectivity index (χ1) is 9.59. The van der Waals surface area contributed by atoms with Gasteiger partial charge in [-0.1, -0.05) is 0 Å². The minimum Gasteiger partial charge on any atom is -0.383 e. The van der Waals surface area contributed by atoms with E-state index in [1.54, 1.807) is 15.7 Å². The number of methoxy groups -OCH3 is 1. The summed E-state index contributed by atoms with van der Waals surface area (Å²) >= 11 is 0. The van der Waals surface area contributed by atoms with E-state index in [4.69, 9.17) is 4.74 Å². The number of hydrogen-bond donors (Lipinski definition) is 1. The second-order valence-electron chi connectivity index (χ2n) is 5.77. The molecule has 0 aliphatic carbocycles. The minimum absolute atomic E-state index is 0. The summed E-state index contributed by atoms with van der Waals surface area (Å²) in [6, 6.07) is 0.0139. The molecule has 0 spiro atoms. The van der Waals surface area contributed by atoms with E-state index in [9.17, 15) is 8.42 Å². The van der Waals surface area contributed by atoms with Gasteiger partial charge in [-0.2, -0.15) is 17.0 Å². The SMILES string of the molecule is CNCC1CCN(S(=O)(=O)N2CCCC2COC)CC1.Cl. The summed E-state index contributed by atoms with van der Waals surface area (Å²) in [6.07, 6.45) is 3.73. The third kappa shape index (κ3) is 4.53. The number of piperidine rings is 1. The van der Waals surface area contributed by atoms with Crippen LogP contribution in [0.3, 0.4) is 0 Å². The van der Waals surface area contributed by atoms with Crippen molar-refractivity contribution in [1.29, 1.82) is 0 Å². The zero-order chi connectivity index (χ0) is 14.6. The highest BCUT2D eigenvalue weighted by Crippen LogP contribution is 2.26. The zero-order valence-electron chi connectivity index (χ0n) is 13.0. The van der Waals surface area contributed by atoms with Crippen LogP contribution in [0.5, 0.6) is 0 Å². The van der Waals surface area contributed by atoms with Crippen LogP contribution in [-0.2, 0) is 14.9 Å². The molecule has 1 N–H and O–H groups in total. The first-order valence-electron chi connectivity index (χ1n) is 7.50. The molecule has 2 fully saturated rings. The summed E-state index contributed by atoms with van der Waals surface area (Å²) in [5.74, 6) is 0.597. The predicted octanol–water partition coefficient (Wildman–Crippen LogP) is 0.695. The van der Waals surface area contributed by atoms with Crippen LogP contribution >= 0.6 is 12.4 Å². The van der Waals surface area contributed by atoms with E-state index >= 15 is 0 Å². The Morgan fingerprint density at radius 2 is 1.86 bits per heavy atom. The Balaban J connectivity index is 0.00000220. The van der Waals surface area contributed by atoms with Crippen molar-refractivity contribution in [3.63, 3.8) is 0 Å². The highest BCUT2D eigenvalue weighted by atomic mass is 35.5. The summed E-state index contributed by atoms with van der Waals surface area (Å²) in [5, 5.41) is 3.17. The van der Waals surface area contributed by atoms with Crippen molar-refractivity contribution in [2.45, 2.75) is 31.7 Å². The van der Waals surface area contributed by atoms with Crippen LogP contribution in [0.15, 0.2) is 0 Å². The molecule has 0 bridgehead atoms. The van der Waals surface area contributed by atoms with E-state index < -0.39 is 10.2 Å². The molecule has 1 unspecified atom stereocenters. The van der Waals surface area contributed by atoms with Gasteiger partial charge in [0.05, 0.1) is 6.61 Å². The quantitative estimate of drug-likeness (QED) is 0.772. The van der Waals surface area contributed by atoms with Crippen LogP contribution < -0.4 is 5.32 Å². The van der Waals surface area contributed by atoms with Gasteiger partial charge in [-0.3, -0.25) is 0 Å². The molecule has 1 atom stereocenters. The highest BCUT2D eigenvalue weighted by Gasteiger charge is 2.39. The van der Waals surface area contributed by atoms with Crippen molar-refractivity contribution < 1.29 is 13.2 Å². The molecule has 2 saturated heterocycles. The van der Waals surface area contributed by atoms with Crippen molar-refractivity contribution in [1.82, 2.24) is 13.9 Å². The number of nitrogens with one attached hydrogen (secondary N) is 1. The lowest BCUT2D eigenvalue weighted by molar-refractivity contribution is 0.144. The molecule has 0 aromatic heterocycles. The van der Waals surface area contributed by atoms with Crippen LogP contribution in [0, 0.1) is 5.92 Å². The second kappa shape index (κ2) is 8.64. The maximum absolute atomic E-state index is 12.7. The fourth-order valence-electron chi connectivity index (χ4n) is 3.25. The molecule has 0 aromatic carbocycles. The van der Waals surface area contributed by atoms with E-state index in [-0.39, 0.29) is 18.4 Å². The Hall–Kier alpha value is 0.0800. The van der Waals surface area contributed by atoms with E-state index in [1.165, 1.54) is 0 Å². The molecule has 6 nitrogen and oxygen atoms in total. The molecule has 2 aliphatic rings. The zero-order valence-corrected chi connectivity index (χ0v) is 14.6. The Morgan fingerprint density at radius 1 is 1.19 bits per heavy atom. The molecule has 0 aromatic rings. The van der Waals surface area contributed by atoms with Gasteiger partial charge < -0.3 is 10.1 Å². The van der Waals surface area contributed by atoms with Crippen LogP contribution in [0.2, 0.25) is 0 Å². The van der Waals surface area contributed by atoms with Gasteiger partial charge in [0.1, 0.15) is 0 Å². The van der Waals surface area contributed by atoms with Gasteiger partial charge in [0.25, 0.3) is 10.2 Å². The monoisotopic (exact) mass is 341 g/mol. The standard InChI is InChI=1S/C13H27N3O3S.ClH/c1-14-10-12-5-8-15(9-6-12)20(17,18)16-7-3-4-13(16)11-19-2;/h12-14H,3-11H2,1-2H3;1H. The van der Waals surface area contributed by atoms with Crippen molar-refractivity contribution in [2.75, 3.05) is 46.9 Å². The maximum Gasteiger partial charge on any atom is 0.282 e. The van der Waals surface area contributed by atoms with Gasteiger partial charge in [-0.15, -0.1) is 12.4 Å². The van der Waals surface area contributed by atoms with Gasteiger partial charge in [0.15, 0.2) is 0 Å². The lowest BCUT2D eigenvalue weighted by Gasteiger charge is -2.35. The van der Waals surface area contributed by atoms with Gasteiger partial charge in [-0.05, 0) is 45.2 Å². The third-order valence-corrected chi connectivity index (χ3v) is 6.46. The number of hydrogen-bond acceptors (Lipinski definition) is 4. The number of halogens is 1. The van der Waals surface area contributed by atoms with Gasteiger partial charge in [0.2, 0.25) is 0 Å². The molecule has 0 saturated carbocycles. The summed E-state index contributed by atoms with van der Waals surface area (Å²) in [7, 11) is 0.273. The lowest BCUT2D eigenvalue weighted by atomic mass is 9.98. The Labute approximate surface area is 134 Å². The van der Waals surface area contributed by atoms with Gasteiger partial charge in [-0.25, -0.2) is 0 Å². The van der Waals surface area contributed by atoms with Crippen molar-refractivity contribution in [3.05, 3.63) is 0 Å². The molecule has 2 aliphatic heterocycles. The molecule has 2 rings (SSSR count). The van der Waals surface area contributed by atoms with Crippen LogP contribution in [0.1, 0.15) is 25.7 Å².